The lowest BCUT2D eigenvalue weighted by atomic mass is 9.85. The number of likely N-dealkylation sites (N-methyl/N-ethyl adjacent to an activating group) is 1. The van der Waals surface area contributed by atoms with Crippen molar-refractivity contribution in [1.82, 2.24) is 4.90 Å². The van der Waals surface area contributed by atoms with E-state index in [0.717, 1.165) is 30.2 Å². The molecule has 4 nitrogen and oxygen atoms in total. The first kappa shape index (κ1) is 14.2. The summed E-state index contributed by atoms with van der Waals surface area (Å²) in [7, 11) is 3.72. The summed E-state index contributed by atoms with van der Waals surface area (Å²) in [6.07, 6.45) is 0.228. The predicted molar refractivity (Wildman–Crippen MR) is 75.0 cm³/mol. The standard InChI is InChI=1S/C15H23NO3/c1-15(2,10-17)11-5-6-13(18-4)14(7-11)19-12-8-16(3)9-12/h5-7,12,17H,8-10H2,1-4H3. The van der Waals surface area contributed by atoms with E-state index in [1.54, 1.807) is 7.11 Å². The summed E-state index contributed by atoms with van der Waals surface area (Å²) in [6, 6.07) is 5.87. The van der Waals surface area contributed by atoms with Gasteiger partial charge in [-0.05, 0) is 24.7 Å². The third-order valence-electron chi connectivity index (χ3n) is 3.66. The van der Waals surface area contributed by atoms with Crippen LogP contribution in [0.25, 0.3) is 0 Å². The number of ether oxygens (including phenoxy) is 2. The van der Waals surface area contributed by atoms with Gasteiger partial charge in [0.2, 0.25) is 0 Å². The van der Waals surface area contributed by atoms with Crippen molar-refractivity contribution >= 4 is 0 Å². The zero-order chi connectivity index (χ0) is 14.0. The monoisotopic (exact) mass is 265 g/mol. The lowest BCUT2D eigenvalue weighted by molar-refractivity contribution is 0.0368. The number of rotatable bonds is 5. The summed E-state index contributed by atoms with van der Waals surface area (Å²) in [6.45, 7) is 6.00. The smallest absolute Gasteiger partial charge is 0.162 e. The maximum Gasteiger partial charge on any atom is 0.162 e. The van der Waals surface area contributed by atoms with E-state index >= 15 is 0 Å². The minimum Gasteiger partial charge on any atom is -0.493 e. The lowest BCUT2D eigenvalue weighted by Crippen LogP contribution is -2.51. The minimum atomic E-state index is -0.277. The molecule has 4 heteroatoms. The normalized spacial score (nSPS) is 17.1. The van der Waals surface area contributed by atoms with E-state index in [0.29, 0.717) is 0 Å². The predicted octanol–water partition coefficient (Wildman–Crippen LogP) is 1.66. The van der Waals surface area contributed by atoms with Crippen molar-refractivity contribution in [2.24, 2.45) is 0 Å². The Morgan fingerprint density at radius 1 is 1.32 bits per heavy atom. The Hall–Kier alpha value is -1.26. The number of nitrogens with zero attached hydrogens (tertiary/aromatic N) is 1. The molecule has 1 fully saturated rings. The Bertz CT molecular complexity index is 439. The molecule has 0 aliphatic carbocycles. The first-order valence-corrected chi connectivity index (χ1v) is 6.61. The van der Waals surface area contributed by atoms with E-state index in [2.05, 4.69) is 11.9 Å². The second-order valence-corrected chi connectivity index (χ2v) is 5.87. The molecule has 0 amide bonds. The number of likely N-dealkylation sites (tertiary alicyclic amines) is 1. The van der Waals surface area contributed by atoms with Crippen LogP contribution in [0.5, 0.6) is 11.5 Å². The van der Waals surface area contributed by atoms with Crippen molar-refractivity contribution in [2.45, 2.75) is 25.4 Å². The Balaban J connectivity index is 2.21. The van der Waals surface area contributed by atoms with E-state index in [9.17, 15) is 5.11 Å². The highest BCUT2D eigenvalue weighted by molar-refractivity contribution is 5.45. The van der Waals surface area contributed by atoms with Crippen molar-refractivity contribution in [1.29, 1.82) is 0 Å². The molecule has 0 spiro atoms. The van der Waals surface area contributed by atoms with Gasteiger partial charge in [-0.25, -0.2) is 0 Å². The molecule has 2 rings (SSSR count). The largest absolute Gasteiger partial charge is 0.493 e. The zero-order valence-electron chi connectivity index (χ0n) is 12.1. The molecule has 0 aromatic heterocycles. The highest BCUT2D eigenvalue weighted by Crippen LogP contribution is 2.34. The van der Waals surface area contributed by atoms with Gasteiger partial charge in [-0.2, -0.15) is 0 Å². The molecule has 0 saturated carbocycles. The highest BCUT2D eigenvalue weighted by Gasteiger charge is 2.27. The van der Waals surface area contributed by atoms with E-state index < -0.39 is 0 Å². The topological polar surface area (TPSA) is 41.9 Å². The van der Waals surface area contributed by atoms with Crippen molar-refractivity contribution < 1.29 is 14.6 Å². The molecule has 0 bridgehead atoms. The average Bonchev–Trinajstić information content (AvgIpc) is 2.36. The van der Waals surface area contributed by atoms with Gasteiger partial charge in [-0.3, -0.25) is 4.90 Å². The lowest BCUT2D eigenvalue weighted by Gasteiger charge is -2.36. The van der Waals surface area contributed by atoms with Gasteiger partial charge in [0.1, 0.15) is 6.10 Å². The summed E-state index contributed by atoms with van der Waals surface area (Å²) in [4.78, 5) is 2.21. The van der Waals surface area contributed by atoms with Crippen LogP contribution in [0.15, 0.2) is 18.2 Å². The molecule has 0 radical (unpaired) electrons. The van der Waals surface area contributed by atoms with E-state index in [4.69, 9.17) is 9.47 Å². The van der Waals surface area contributed by atoms with Gasteiger partial charge in [0.05, 0.1) is 13.7 Å². The number of benzene rings is 1. The molecular formula is C15H23NO3. The molecule has 1 aromatic carbocycles. The van der Waals surface area contributed by atoms with Gasteiger partial charge < -0.3 is 14.6 Å². The molecule has 106 valence electrons. The maximum absolute atomic E-state index is 9.46. The van der Waals surface area contributed by atoms with Crippen molar-refractivity contribution in [3.05, 3.63) is 23.8 Å². The summed E-state index contributed by atoms with van der Waals surface area (Å²) in [5.41, 5.74) is 0.777. The Kier molecular flexibility index (Phi) is 4.02. The third-order valence-corrected chi connectivity index (χ3v) is 3.66. The molecule has 0 unspecified atom stereocenters. The molecule has 19 heavy (non-hydrogen) atoms. The fraction of sp³-hybridized carbons (Fsp3) is 0.600. The zero-order valence-corrected chi connectivity index (χ0v) is 12.1. The van der Waals surface area contributed by atoms with Crippen LogP contribution in [0, 0.1) is 0 Å². The molecule has 0 atom stereocenters. The van der Waals surface area contributed by atoms with Crippen LogP contribution >= 0.6 is 0 Å². The van der Waals surface area contributed by atoms with Crippen molar-refractivity contribution in [3.8, 4) is 11.5 Å². The van der Waals surface area contributed by atoms with E-state index in [1.165, 1.54) is 0 Å². The molecule has 1 saturated heterocycles. The summed E-state index contributed by atoms with van der Waals surface area (Å²) in [5, 5.41) is 9.46. The first-order chi connectivity index (χ1) is 8.96. The molecule has 1 N–H and O–H groups in total. The molecule has 1 heterocycles. The average molecular weight is 265 g/mol. The van der Waals surface area contributed by atoms with E-state index in [1.807, 2.05) is 32.0 Å². The van der Waals surface area contributed by atoms with Crippen LogP contribution in [-0.2, 0) is 5.41 Å². The first-order valence-electron chi connectivity index (χ1n) is 6.61. The number of aliphatic hydroxyl groups excluding tert-OH is 1. The minimum absolute atomic E-state index is 0.102. The summed E-state index contributed by atoms with van der Waals surface area (Å²) < 4.78 is 11.3. The molecule has 1 aromatic rings. The van der Waals surface area contributed by atoms with Crippen LogP contribution in [0.2, 0.25) is 0 Å². The van der Waals surface area contributed by atoms with Gasteiger partial charge in [-0.1, -0.05) is 19.9 Å². The Labute approximate surface area is 114 Å². The fourth-order valence-electron chi connectivity index (χ4n) is 2.18. The molecule has 1 aliphatic rings. The second kappa shape index (κ2) is 5.39. The van der Waals surface area contributed by atoms with Crippen LogP contribution in [0.3, 0.4) is 0 Å². The van der Waals surface area contributed by atoms with Crippen molar-refractivity contribution in [2.75, 3.05) is 33.9 Å². The van der Waals surface area contributed by atoms with Crippen LogP contribution < -0.4 is 9.47 Å². The summed E-state index contributed by atoms with van der Waals surface area (Å²) in [5.74, 6) is 1.51. The van der Waals surface area contributed by atoms with E-state index in [-0.39, 0.29) is 18.1 Å². The highest BCUT2D eigenvalue weighted by atomic mass is 16.5. The van der Waals surface area contributed by atoms with Crippen molar-refractivity contribution in [3.63, 3.8) is 0 Å². The van der Waals surface area contributed by atoms with Gasteiger partial charge in [0.25, 0.3) is 0 Å². The third kappa shape index (κ3) is 3.01. The van der Waals surface area contributed by atoms with Gasteiger partial charge >= 0.3 is 0 Å². The van der Waals surface area contributed by atoms with Gasteiger partial charge in [0, 0.05) is 18.5 Å². The molecule has 1 aliphatic heterocycles. The number of methoxy groups -OCH3 is 1. The Morgan fingerprint density at radius 2 is 2.00 bits per heavy atom. The molecular weight excluding hydrogens is 242 g/mol. The van der Waals surface area contributed by atoms with Gasteiger partial charge in [0.15, 0.2) is 11.5 Å². The van der Waals surface area contributed by atoms with Gasteiger partial charge in [-0.15, -0.1) is 0 Å². The number of hydrogen-bond acceptors (Lipinski definition) is 4. The second-order valence-electron chi connectivity index (χ2n) is 5.87. The van der Waals surface area contributed by atoms with Crippen LogP contribution in [0.1, 0.15) is 19.4 Å². The number of aliphatic hydroxyl groups is 1. The Morgan fingerprint density at radius 3 is 2.53 bits per heavy atom. The fourth-order valence-corrected chi connectivity index (χ4v) is 2.18. The quantitative estimate of drug-likeness (QED) is 0.879. The SMILES string of the molecule is COc1ccc(C(C)(C)CO)cc1OC1CN(C)C1. The number of hydrogen-bond donors (Lipinski definition) is 1. The van der Waals surface area contributed by atoms with Crippen LogP contribution in [-0.4, -0.2) is 50.0 Å². The maximum atomic E-state index is 9.46. The van der Waals surface area contributed by atoms with Crippen LogP contribution in [0.4, 0.5) is 0 Å². The summed E-state index contributed by atoms with van der Waals surface area (Å²) >= 11 is 0.